The summed E-state index contributed by atoms with van der Waals surface area (Å²) in [7, 11) is -0.127. The number of aromatic nitrogens is 2. The molecule has 0 aliphatic carbocycles. The normalized spacial score (nSPS) is 14.2. The van der Waals surface area contributed by atoms with Crippen LogP contribution < -0.4 is 14.8 Å². The lowest BCUT2D eigenvalue weighted by Crippen LogP contribution is -2.18. The van der Waals surface area contributed by atoms with Crippen molar-refractivity contribution in [2.75, 3.05) is 24.1 Å². The molecular formula is C28H27N5O4S. The maximum absolute atomic E-state index is 13.3. The summed E-state index contributed by atoms with van der Waals surface area (Å²) in [6, 6.07) is 20.6. The number of sulfonamides is 1. The number of anilines is 2. The van der Waals surface area contributed by atoms with Gasteiger partial charge in [0.25, 0.3) is 15.9 Å². The number of fused-ring (bicyclic) bond motifs is 6. The molecule has 5 rings (SSSR count). The summed E-state index contributed by atoms with van der Waals surface area (Å²) < 4.78 is 35.4. The molecule has 4 aromatic rings. The Hall–Kier alpha value is -4.28. The molecule has 3 aromatic carbocycles. The summed E-state index contributed by atoms with van der Waals surface area (Å²) in [5, 5.41) is 2.74. The van der Waals surface area contributed by atoms with Crippen molar-refractivity contribution in [2.45, 2.75) is 24.8 Å². The van der Waals surface area contributed by atoms with Gasteiger partial charge in [-0.05, 0) is 62.5 Å². The largest absolute Gasteiger partial charge is 0.439 e. The van der Waals surface area contributed by atoms with Crippen molar-refractivity contribution in [2.24, 2.45) is 0 Å². The van der Waals surface area contributed by atoms with Gasteiger partial charge in [0.1, 0.15) is 5.75 Å². The van der Waals surface area contributed by atoms with Gasteiger partial charge in [0.2, 0.25) is 11.8 Å². The number of hydrogen-bond acceptors (Lipinski definition) is 7. The number of rotatable bonds is 4. The molecule has 2 heterocycles. The summed E-state index contributed by atoms with van der Waals surface area (Å²) in [6.07, 6.45) is 0.524. The van der Waals surface area contributed by atoms with Crippen molar-refractivity contribution >= 4 is 27.6 Å². The molecule has 0 saturated heterocycles. The first kappa shape index (κ1) is 25.4. The zero-order valence-electron chi connectivity index (χ0n) is 21.2. The second-order valence-electron chi connectivity index (χ2n) is 9.15. The number of carbonyl (C=O) groups excluding carboxylic acids is 1. The fourth-order valence-corrected chi connectivity index (χ4v) is 5.29. The molecule has 0 saturated carbocycles. The number of nitrogens with zero attached hydrogens (tertiary/aromatic N) is 3. The first-order valence-corrected chi connectivity index (χ1v) is 13.6. The second-order valence-corrected chi connectivity index (χ2v) is 10.8. The minimum Gasteiger partial charge on any atom is -0.439 e. The van der Waals surface area contributed by atoms with Crippen LogP contribution in [0.1, 0.15) is 28.4 Å². The predicted molar refractivity (Wildman–Crippen MR) is 146 cm³/mol. The molecule has 1 aromatic heterocycles. The fourth-order valence-electron chi connectivity index (χ4n) is 4.30. The molecule has 1 aliphatic rings. The molecule has 0 fully saturated rings. The summed E-state index contributed by atoms with van der Waals surface area (Å²) in [5.74, 6) is 0.0818. The molecular weight excluding hydrogens is 502 g/mol. The first-order chi connectivity index (χ1) is 18.2. The van der Waals surface area contributed by atoms with Gasteiger partial charge < -0.3 is 15.0 Å². The van der Waals surface area contributed by atoms with Crippen molar-refractivity contribution in [1.82, 2.24) is 14.9 Å². The third kappa shape index (κ3) is 5.22. The van der Waals surface area contributed by atoms with Crippen molar-refractivity contribution in [1.29, 1.82) is 0 Å². The number of ether oxygens (including phenoxy) is 1. The molecule has 0 unspecified atom stereocenters. The lowest BCUT2D eigenvalue weighted by atomic mass is 9.99. The van der Waals surface area contributed by atoms with Gasteiger partial charge in [-0.3, -0.25) is 4.79 Å². The van der Waals surface area contributed by atoms with E-state index in [0.29, 0.717) is 41.2 Å². The Morgan fingerprint density at radius 3 is 2.53 bits per heavy atom. The van der Waals surface area contributed by atoms with Crippen LogP contribution in [0.4, 0.5) is 11.6 Å². The zero-order valence-corrected chi connectivity index (χ0v) is 22.0. The molecule has 2 N–H and O–H groups in total. The summed E-state index contributed by atoms with van der Waals surface area (Å²) in [4.78, 5) is 24.1. The minimum atomic E-state index is -4.08. The highest BCUT2D eigenvalue weighted by Crippen LogP contribution is 2.35. The topological polar surface area (TPSA) is 114 Å². The minimum absolute atomic E-state index is 0.0405. The lowest BCUT2D eigenvalue weighted by Gasteiger charge is -2.19. The van der Waals surface area contributed by atoms with Gasteiger partial charge in [0.15, 0.2) is 0 Å². The molecule has 6 bridgehead atoms. The van der Waals surface area contributed by atoms with E-state index in [9.17, 15) is 13.2 Å². The Balaban J connectivity index is 1.76. The summed E-state index contributed by atoms with van der Waals surface area (Å²) in [6.45, 7) is 2.62. The molecule has 38 heavy (non-hydrogen) atoms. The zero-order chi connectivity index (χ0) is 26.9. The Bertz CT molecular complexity index is 1640. The van der Waals surface area contributed by atoms with E-state index in [0.717, 1.165) is 11.1 Å². The van der Waals surface area contributed by atoms with Crippen LogP contribution in [0.5, 0.6) is 11.6 Å². The van der Waals surface area contributed by atoms with Crippen LogP contribution in [0, 0.1) is 0 Å². The molecule has 0 radical (unpaired) electrons. The van der Waals surface area contributed by atoms with E-state index in [1.807, 2.05) is 45.3 Å². The van der Waals surface area contributed by atoms with Crippen molar-refractivity contribution in [3.8, 4) is 22.9 Å². The van der Waals surface area contributed by atoms with Gasteiger partial charge in [0.05, 0.1) is 10.6 Å². The van der Waals surface area contributed by atoms with Gasteiger partial charge in [0, 0.05) is 28.9 Å². The Morgan fingerprint density at radius 1 is 0.947 bits per heavy atom. The van der Waals surface area contributed by atoms with Crippen LogP contribution in [0.3, 0.4) is 0 Å². The van der Waals surface area contributed by atoms with E-state index in [-0.39, 0.29) is 16.7 Å². The van der Waals surface area contributed by atoms with E-state index >= 15 is 0 Å². The predicted octanol–water partition coefficient (Wildman–Crippen LogP) is 4.93. The molecule has 9 nitrogen and oxygen atoms in total. The van der Waals surface area contributed by atoms with E-state index in [1.165, 1.54) is 12.1 Å². The van der Waals surface area contributed by atoms with Crippen LogP contribution in [0.25, 0.3) is 11.3 Å². The van der Waals surface area contributed by atoms with Gasteiger partial charge in [-0.2, -0.15) is 4.98 Å². The molecule has 1 amide bonds. The number of nitrogens with one attached hydrogen (secondary N) is 2. The third-order valence-corrected chi connectivity index (χ3v) is 7.35. The van der Waals surface area contributed by atoms with Crippen LogP contribution in [-0.4, -0.2) is 43.3 Å². The van der Waals surface area contributed by atoms with E-state index < -0.39 is 15.9 Å². The quantitative estimate of drug-likeness (QED) is 0.385. The van der Waals surface area contributed by atoms with Crippen LogP contribution in [-0.2, 0) is 23.0 Å². The number of carbonyl (C=O) groups is 1. The monoisotopic (exact) mass is 529 g/mol. The standard InChI is InChI=1S/C28H27N5O4S/c1-4-23-25(24-14-6-5-9-19(24)17-33(2)3)30-28-31-27(23)37-21-12-7-10-18(15-21)26(34)29-20-11-8-13-22(16-20)38(35,36)32-28/h5-16H,4,17H2,1-3H3,(H,29,34)(H,30,31,32). The third-order valence-electron chi connectivity index (χ3n) is 6.02. The molecule has 1 aliphatic heterocycles. The Kier molecular flexibility index (Phi) is 6.83. The number of benzene rings is 3. The smallest absolute Gasteiger partial charge is 0.264 e. The first-order valence-electron chi connectivity index (χ1n) is 12.1. The van der Waals surface area contributed by atoms with E-state index in [4.69, 9.17) is 9.72 Å². The van der Waals surface area contributed by atoms with E-state index in [2.05, 4.69) is 19.9 Å². The maximum Gasteiger partial charge on any atom is 0.264 e. The highest BCUT2D eigenvalue weighted by atomic mass is 32.2. The maximum atomic E-state index is 13.3. The highest BCUT2D eigenvalue weighted by molar-refractivity contribution is 7.92. The average Bonchev–Trinajstić information content (AvgIpc) is 2.88. The second kappa shape index (κ2) is 10.2. The number of amides is 1. The SMILES string of the molecule is CCc1c2nc(nc1-c1ccccc1CN(C)C)NS(=O)(=O)c1cccc(c1)NC(=O)c1cccc(c1)O2. The van der Waals surface area contributed by atoms with E-state index in [1.54, 1.807) is 36.4 Å². The summed E-state index contributed by atoms with van der Waals surface area (Å²) >= 11 is 0. The molecule has 0 atom stereocenters. The molecule has 0 spiro atoms. The van der Waals surface area contributed by atoms with Gasteiger partial charge in [-0.25, -0.2) is 18.1 Å². The molecule has 194 valence electrons. The van der Waals surface area contributed by atoms with Gasteiger partial charge in [-0.15, -0.1) is 0 Å². The van der Waals surface area contributed by atoms with Crippen molar-refractivity contribution in [3.05, 3.63) is 89.5 Å². The average molecular weight is 530 g/mol. The summed E-state index contributed by atoms with van der Waals surface area (Å²) in [5.41, 5.74) is 3.84. The Labute approximate surface area is 221 Å². The van der Waals surface area contributed by atoms with Crippen molar-refractivity contribution in [3.63, 3.8) is 0 Å². The van der Waals surface area contributed by atoms with Crippen LogP contribution >= 0.6 is 0 Å². The number of hydrogen-bond donors (Lipinski definition) is 2. The molecule has 10 heteroatoms. The highest BCUT2D eigenvalue weighted by Gasteiger charge is 2.23. The van der Waals surface area contributed by atoms with Crippen LogP contribution in [0.15, 0.2) is 77.7 Å². The van der Waals surface area contributed by atoms with Crippen LogP contribution in [0.2, 0.25) is 0 Å². The van der Waals surface area contributed by atoms with Crippen molar-refractivity contribution < 1.29 is 17.9 Å². The van der Waals surface area contributed by atoms with Gasteiger partial charge in [-0.1, -0.05) is 43.3 Å². The fraction of sp³-hybridized carbons (Fsp3) is 0.179. The Morgan fingerprint density at radius 2 is 1.74 bits per heavy atom. The van der Waals surface area contributed by atoms with Gasteiger partial charge >= 0.3 is 0 Å². The lowest BCUT2D eigenvalue weighted by molar-refractivity contribution is 0.102.